The Morgan fingerprint density at radius 2 is 1.55 bits per heavy atom. The predicted octanol–water partition coefficient (Wildman–Crippen LogP) is 1.09. The SMILES string of the molecule is O=C(CN1CCC(CCN2CCOCC2)CC1)N1CCN(S(=O)(=O)Cc2ccccc2)CC1. The highest BCUT2D eigenvalue weighted by molar-refractivity contribution is 7.88. The maximum atomic E-state index is 12.8. The van der Waals surface area contributed by atoms with Gasteiger partial charge in [-0.1, -0.05) is 30.3 Å². The summed E-state index contributed by atoms with van der Waals surface area (Å²) in [6, 6.07) is 9.27. The molecule has 0 aliphatic carbocycles. The number of ether oxygens (including phenoxy) is 1. The lowest BCUT2D eigenvalue weighted by molar-refractivity contribution is -0.134. The van der Waals surface area contributed by atoms with Crippen molar-refractivity contribution in [2.45, 2.75) is 25.0 Å². The zero-order valence-electron chi connectivity index (χ0n) is 19.6. The lowest BCUT2D eigenvalue weighted by Gasteiger charge is -2.37. The van der Waals surface area contributed by atoms with E-state index in [2.05, 4.69) is 9.80 Å². The van der Waals surface area contributed by atoms with Gasteiger partial charge in [0.15, 0.2) is 0 Å². The number of rotatable bonds is 8. The molecule has 0 unspecified atom stereocenters. The number of likely N-dealkylation sites (tertiary alicyclic amines) is 1. The number of amides is 1. The van der Waals surface area contributed by atoms with E-state index in [9.17, 15) is 13.2 Å². The molecule has 0 spiro atoms. The third-order valence-electron chi connectivity index (χ3n) is 7.20. The van der Waals surface area contributed by atoms with Crippen molar-refractivity contribution in [3.05, 3.63) is 35.9 Å². The number of benzene rings is 1. The molecule has 3 saturated heterocycles. The molecule has 3 heterocycles. The summed E-state index contributed by atoms with van der Waals surface area (Å²) >= 11 is 0. The smallest absolute Gasteiger partial charge is 0.236 e. The molecule has 3 fully saturated rings. The van der Waals surface area contributed by atoms with Crippen molar-refractivity contribution in [3.8, 4) is 0 Å². The fraction of sp³-hybridized carbons (Fsp3) is 0.708. The van der Waals surface area contributed by atoms with Gasteiger partial charge in [0.05, 0.1) is 25.5 Å². The van der Waals surface area contributed by atoms with E-state index in [4.69, 9.17) is 4.74 Å². The molecular weight excluding hydrogens is 440 g/mol. The van der Waals surface area contributed by atoms with Crippen LogP contribution in [-0.4, -0.2) is 112 Å². The minimum absolute atomic E-state index is 0.0161. The van der Waals surface area contributed by atoms with Gasteiger partial charge in [-0.3, -0.25) is 14.6 Å². The Morgan fingerprint density at radius 3 is 2.21 bits per heavy atom. The summed E-state index contributed by atoms with van der Waals surface area (Å²) in [5.41, 5.74) is 0.796. The first-order valence-electron chi connectivity index (χ1n) is 12.3. The molecule has 0 N–H and O–H groups in total. The zero-order valence-corrected chi connectivity index (χ0v) is 20.4. The second-order valence-electron chi connectivity index (χ2n) is 9.48. The van der Waals surface area contributed by atoms with Crippen LogP contribution < -0.4 is 0 Å². The molecule has 3 aliphatic heterocycles. The van der Waals surface area contributed by atoms with Crippen molar-refractivity contribution in [3.63, 3.8) is 0 Å². The molecule has 0 aromatic heterocycles. The van der Waals surface area contributed by atoms with E-state index in [1.807, 2.05) is 35.2 Å². The fourth-order valence-electron chi connectivity index (χ4n) is 5.01. The van der Waals surface area contributed by atoms with Crippen LogP contribution in [0.4, 0.5) is 0 Å². The van der Waals surface area contributed by atoms with E-state index in [1.165, 1.54) is 10.7 Å². The monoisotopic (exact) mass is 478 g/mol. The van der Waals surface area contributed by atoms with E-state index in [0.717, 1.165) is 70.3 Å². The van der Waals surface area contributed by atoms with E-state index in [-0.39, 0.29) is 11.7 Å². The van der Waals surface area contributed by atoms with Crippen molar-refractivity contribution in [2.24, 2.45) is 5.92 Å². The van der Waals surface area contributed by atoms with Crippen LogP contribution in [-0.2, 0) is 25.3 Å². The number of piperazine rings is 1. The molecule has 1 aromatic rings. The number of nitrogens with zero attached hydrogens (tertiary/aromatic N) is 4. The fourth-order valence-corrected chi connectivity index (χ4v) is 6.52. The van der Waals surface area contributed by atoms with Crippen molar-refractivity contribution in [1.29, 1.82) is 0 Å². The molecule has 33 heavy (non-hydrogen) atoms. The van der Waals surface area contributed by atoms with Gasteiger partial charge in [0.1, 0.15) is 0 Å². The van der Waals surface area contributed by atoms with Crippen LogP contribution in [0.5, 0.6) is 0 Å². The highest BCUT2D eigenvalue weighted by Gasteiger charge is 2.30. The lowest BCUT2D eigenvalue weighted by Crippen LogP contribution is -2.53. The summed E-state index contributed by atoms with van der Waals surface area (Å²) in [5, 5.41) is 0. The molecule has 3 aliphatic rings. The minimum atomic E-state index is -3.36. The van der Waals surface area contributed by atoms with Gasteiger partial charge in [-0.25, -0.2) is 8.42 Å². The maximum Gasteiger partial charge on any atom is 0.236 e. The third-order valence-corrected chi connectivity index (χ3v) is 9.05. The summed E-state index contributed by atoms with van der Waals surface area (Å²) < 4.78 is 32.4. The van der Waals surface area contributed by atoms with Gasteiger partial charge in [-0.05, 0) is 50.4 Å². The van der Waals surface area contributed by atoms with Crippen LogP contribution in [0.2, 0.25) is 0 Å². The second kappa shape index (κ2) is 11.8. The molecule has 4 rings (SSSR count). The molecular formula is C24H38N4O4S. The summed E-state index contributed by atoms with van der Waals surface area (Å²) in [6.07, 6.45) is 3.55. The van der Waals surface area contributed by atoms with Gasteiger partial charge in [0.25, 0.3) is 0 Å². The Hall–Kier alpha value is -1.52. The number of carbonyl (C=O) groups excluding carboxylic acids is 1. The molecule has 0 atom stereocenters. The summed E-state index contributed by atoms with van der Waals surface area (Å²) in [4.78, 5) is 19.4. The third kappa shape index (κ3) is 7.23. The number of carbonyl (C=O) groups is 1. The van der Waals surface area contributed by atoms with E-state index in [1.54, 1.807) is 0 Å². The Kier molecular flexibility index (Phi) is 8.76. The van der Waals surface area contributed by atoms with Gasteiger partial charge in [-0.15, -0.1) is 0 Å². The second-order valence-corrected chi connectivity index (χ2v) is 11.5. The first-order chi connectivity index (χ1) is 16.0. The Balaban J connectivity index is 1.15. The summed E-state index contributed by atoms with van der Waals surface area (Å²) in [6.45, 7) is 9.08. The average molecular weight is 479 g/mol. The van der Waals surface area contributed by atoms with E-state index >= 15 is 0 Å². The number of hydrogen-bond acceptors (Lipinski definition) is 6. The van der Waals surface area contributed by atoms with Crippen LogP contribution in [0.1, 0.15) is 24.8 Å². The van der Waals surface area contributed by atoms with Crippen molar-refractivity contribution in [2.75, 3.05) is 78.7 Å². The Morgan fingerprint density at radius 1 is 0.879 bits per heavy atom. The van der Waals surface area contributed by atoms with Gasteiger partial charge in [0, 0.05) is 39.3 Å². The average Bonchev–Trinajstić information content (AvgIpc) is 2.85. The first kappa shape index (κ1) is 24.6. The number of sulfonamides is 1. The number of morpholine rings is 1. The van der Waals surface area contributed by atoms with Crippen LogP contribution in [0, 0.1) is 5.92 Å². The number of piperidine rings is 1. The molecule has 1 amide bonds. The first-order valence-corrected chi connectivity index (χ1v) is 13.9. The van der Waals surface area contributed by atoms with Gasteiger partial charge in [0.2, 0.25) is 15.9 Å². The van der Waals surface area contributed by atoms with Crippen LogP contribution in [0.25, 0.3) is 0 Å². The van der Waals surface area contributed by atoms with Crippen molar-refractivity contribution in [1.82, 2.24) is 19.0 Å². The molecule has 184 valence electrons. The molecule has 0 radical (unpaired) electrons. The van der Waals surface area contributed by atoms with Gasteiger partial charge >= 0.3 is 0 Å². The summed E-state index contributed by atoms with van der Waals surface area (Å²) in [7, 11) is -3.36. The highest BCUT2D eigenvalue weighted by Crippen LogP contribution is 2.21. The summed E-state index contributed by atoms with van der Waals surface area (Å²) in [5.74, 6) is 0.891. The Labute approximate surface area is 198 Å². The van der Waals surface area contributed by atoms with E-state index < -0.39 is 10.0 Å². The number of hydrogen-bond donors (Lipinski definition) is 0. The zero-order chi connectivity index (χ0) is 23.1. The molecule has 0 saturated carbocycles. The molecule has 0 bridgehead atoms. The topological polar surface area (TPSA) is 73.4 Å². The quantitative estimate of drug-likeness (QED) is 0.557. The highest BCUT2D eigenvalue weighted by atomic mass is 32.2. The van der Waals surface area contributed by atoms with Crippen LogP contribution in [0.15, 0.2) is 30.3 Å². The molecule has 9 heteroatoms. The lowest BCUT2D eigenvalue weighted by atomic mass is 9.93. The van der Waals surface area contributed by atoms with Crippen molar-refractivity contribution < 1.29 is 17.9 Å². The molecule has 1 aromatic carbocycles. The predicted molar refractivity (Wildman–Crippen MR) is 128 cm³/mol. The maximum absolute atomic E-state index is 12.8. The van der Waals surface area contributed by atoms with Crippen LogP contribution >= 0.6 is 0 Å². The Bertz CT molecular complexity index is 844. The molecule has 8 nitrogen and oxygen atoms in total. The van der Waals surface area contributed by atoms with Gasteiger partial charge < -0.3 is 9.64 Å². The standard InChI is InChI=1S/C24H38N4O4S/c29-24(20-26-10-7-22(8-11-26)6-9-25-16-18-32-19-17-25)27-12-14-28(15-13-27)33(30,31)21-23-4-2-1-3-5-23/h1-5,22H,6-21H2. The van der Waals surface area contributed by atoms with E-state index in [0.29, 0.717) is 32.7 Å². The largest absolute Gasteiger partial charge is 0.379 e. The minimum Gasteiger partial charge on any atom is -0.379 e. The van der Waals surface area contributed by atoms with Crippen LogP contribution in [0.3, 0.4) is 0 Å². The van der Waals surface area contributed by atoms with Crippen molar-refractivity contribution >= 4 is 15.9 Å². The van der Waals surface area contributed by atoms with Gasteiger partial charge in [-0.2, -0.15) is 4.31 Å². The normalized spacial score (nSPS) is 22.5.